The number of carbonyl (C=O) groups is 1. The molecule has 0 aliphatic carbocycles. The van der Waals surface area contributed by atoms with Crippen molar-refractivity contribution >= 4 is 23.0 Å². The predicted molar refractivity (Wildman–Crippen MR) is 84.5 cm³/mol. The molecule has 22 heavy (non-hydrogen) atoms. The molecule has 0 amide bonds. The van der Waals surface area contributed by atoms with Gasteiger partial charge in [-0.15, -0.1) is 0 Å². The molecule has 1 fully saturated rings. The van der Waals surface area contributed by atoms with E-state index < -0.39 is 0 Å². The molecule has 1 aliphatic heterocycles. The zero-order chi connectivity index (χ0) is 15.6. The van der Waals surface area contributed by atoms with Crippen LogP contribution in [0.4, 0.5) is 0 Å². The summed E-state index contributed by atoms with van der Waals surface area (Å²) >= 11 is 0. The summed E-state index contributed by atoms with van der Waals surface area (Å²) in [6.45, 7) is 5.77. The van der Waals surface area contributed by atoms with E-state index >= 15 is 0 Å². The minimum atomic E-state index is -0.333. The lowest BCUT2D eigenvalue weighted by atomic mass is 9.90. The predicted octanol–water partition coefficient (Wildman–Crippen LogP) is 3.59. The third-order valence-corrected chi connectivity index (χ3v) is 3.88. The quantitative estimate of drug-likeness (QED) is 0.625. The van der Waals surface area contributed by atoms with Crippen LogP contribution in [0, 0.1) is 5.41 Å². The fourth-order valence-corrected chi connectivity index (χ4v) is 2.54. The molecule has 4 nitrogen and oxygen atoms in total. The molecule has 1 aromatic carbocycles. The summed E-state index contributed by atoms with van der Waals surface area (Å²) in [4.78, 5) is 11.9. The van der Waals surface area contributed by atoms with Crippen molar-refractivity contribution < 1.29 is 18.7 Å². The second-order valence-corrected chi connectivity index (χ2v) is 6.03. The molecule has 1 aromatic heterocycles. The normalized spacial score (nSPS) is 16.8. The Morgan fingerprint density at radius 1 is 1.36 bits per heavy atom. The minimum absolute atomic E-state index is 0.0274. The number of fused-ring (bicyclic) bond motifs is 1. The molecule has 0 unspecified atom stereocenters. The molecular weight excluding hydrogens is 280 g/mol. The lowest BCUT2D eigenvalue weighted by Gasteiger charge is -2.36. The maximum absolute atomic E-state index is 11.9. The largest absolute Gasteiger partial charge is 0.462 e. The Labute approximate surface area is 129 Å². The molecule has 0 saturated carbocycles. The van der Waals surface area contributed by atoms with Gasteiger partial charge in [0.2, 0.25) is 0 Å². The van der Waals surface area contributed by atoms with Crippen LogP contribution in [0.3, 0.4) is 0 Å². The van der Waals surface area contributed by atoms with Gasteiger partial charge in [-0.2, -0.15) is 0 Å². The summed E-state index contributed by atoms with van der Waals surface area (Å²) in [7, 11) is 0. The summed E-state index contributed by atoms with van der Waals surface area (Å²) in [5.74, 6) is 0.546. The lowest BCUT2D eigenvalue weighted by molar-refractivity contribution is -0.160. The molecule has 0 N–H and O–H groups in total. The van der Waals surface area contributed by atoms with E-state index in [9.17, 15) is 4.79 Å². The number of furan rings is 1. The fraction of sp³-hybridized carbons (Fsp3) is 0.389. The smallest absolute Gasteiger partial charge is 0.330 e. The van der Waals surface area contributed by atoms with Gasteiger partial charge in [0.05, 0.1) is 13.2 Å². The van der Waals surface area contributed by atoms with Gasteiger partial charge in [0.25, 0.3) is 0 Å². The highest BCUT2D eigenvalue weighted by molar-refractivity contribution is 5.94. The number of aryl methyl sites for hydroxylation is 1. The van der Waals surface area contributed by atoms with Crippen molar-refractivity contribution in [1.82, 2.24) is 0 Å². The van der Waals surface area contributed by atoms with E-state index in [0.717, 1.165) is 28.7 Å². The number of hydrogen-bond donors (Lipinski definition) is 0. The topological polar surface area (TPSA) is 48.7 Å². The minimum Gasteiger partial charge on any atom is -0.462 e. The molecule has 0 atom stereocenters. The number of hydrogen-bond acceptors (Lipinski definition) is 4. The van der Waals surface area contributed by atoms with Crippen molar-refractivity contribution in [3.8, 4) is 0 Å². The van der Waals surface area contributed by atoms with Gasteiger partial charge in [0.15, 0.2) is 0 Å². The second kappa shape index (κ2) is 5.97. The van der Waals surface area contributed by atoms with Crippen LogP contribution < -0.4 is 0 Å². The highest BCUT2D eigenvalue weighted by Gasteiger charge is 2.34. The summed E-state index contributed by atoms with van der Waals surface area (Å²) in [5.41, 5.74) is 1.76. The van der Waals surface area contributed by atoms with Crippen molar-refractivity contribution in [3.05, 3.63) is 41.7 Å². The fourth-order valence-electron chi connectivity index (χ4n) is 2.54. The monoisotopic (exact) mass is 300 g/mol. The van der Waals surface area contributed by atoms with Gasteiger partial charge in [0.1, 0.15) is 18.0 Å². The Bertz CT molecular complexity index is 707. The first-order valence-electron chi connectivity index (χ1n) is 7.54. The van der Waals surface area contributed by atoms with Gasteiger partial charge >= 0.3 is 5.97 Å². The van der Waals surface area contributed by atoms with E-state index in [-0.39, 0.29) is 11.4 Å². The van der Waals surface area contributed by atoms with Crippen molar-refractivity contribution in [2.75, 3.05) is 19.8 Å². The maximum Gasteiger partial charge on any atom is 0.330 e. The van der Waals surface area contributed by atoms with Crippen LogP contribution in [0.2, 0.25) is 0 Å². The summed E-state index contributed by atoms with van der Waals surface area (Å²) < 4.78 is 16.2. The molecule has 2 heterocycles. The van der Waals surface area contributed by atoms with Crippen LogP contribution >= 0.6 is 0 Å². The van der Waals surface area contributed by atoms with Gasteiger partial charge < -0.3 is 13.9 Å². The lowest BCUT2D eigenvalue weighted by Crippen LogP contribution is -2.43. The van der Waals surface area contributed by atoms with Crippen LogP contribution in [0.25, 0.3) is 17.0 Å². The van der Waals surface area contributed by atoms with E-state index in [1.807, 2.05) is 38.1 Å². The highest BCUT2D eigenvalue weighted by Crippen LogP contribution is 2.28. The standard InChI is InChI=1S/C18H20O4/c1-3-15-14(13-6-4-5-7-16(13)22-15)8-9-17(19)21-12-18(2)10-20-11-18/h4-9H,3,10-12H2,1-2H3/b9-8-. The Morgan fingerprint density at radius 2 is 2.14 bits per heavy atom. The van der Waals surface area contributed by atoms with Crippen LogP contribution in [0.5, 0.6) is 0 Å². The first-order chi connectivity index (χ1) is 10.6. The molecule has 1 aliphatic rings. The Morgan fingerprint density at radius 3 is 2.82 bits per heavy atom. The highest BCUT2D eigenvalue weighted by atomic mass is 16.5. The number of para-hydroxylation sites is 1. The van der Waals surface area contributed by atoms with Gasteiger partial charge in [-0.1, -0.05) is 32.0 Å². The number of carbonyl (C=O) groups excluding carboxylic acids is 1. The first-order valence-corrected chi connectivity index (χ1v) is 7.54. The van der Waals surface area contributed by atoms with E-state index in [0.29, 0.717) is 19.8 Å². The Kier molecular flexibility index (Phi) is 4.03. The molecule has 0 bridgehead atoms. The maximum atomic E-state index is 11.9. The average molecular weight is 300 g/mol. The zero-order valence-corrected chi connectivity index (χ0v) is 12.9. The number of rotatable bonds is 5. The van der Waals surface area contributed by atoms with E-state index in [1.165, 1.54) is 6.08 Å². The molecular formula is C18H20O4. The van der Waals surface area contributed by atoms with Gasteiger partial charge in [0, 0.05) is 28.9 Å². The first kappa shape index (κ1) is 14.9. The number of ether oxygens (including phenoxy) is 2. The van der Waals surface area contributed by atoms with Crippen molar-refractivity contribution in [1.29, 1.82) is 0 Å². The second-order valence-electron chi connectivity index (χ2n) is 6.03. The molecule has 1 saturated heterocycles. The SMILES string of the molecule is CCc1oc2ccccc2c1/C=C\C(=O)OCC1(C)COC1. The van der Waals surface area contributed by atoms with Crippen molar-refractivity contribution in [3.63, 3.8) is 0 Å². The Hall–Kier alpha value is -2.07. The molecule has 4 heteroatoms. The average Bonchev–Trinajstić information content (AvgIpc) is 2.86. The van der Waals surface area contributed by atoms with Crippen molar-refractivity contribution in [2.45, 2.75) is 20.3 Å². The summed E-state index contributed by atoms with van der Waals surface area (Å²) in [6, 6.07) is 7.83. The van der Waals surface area contributed by atoms with Gasteiger partial charge in [-0.25, -0.2) is 4.79 Å². The van der Waals surface area contributed by atoms with E-state index in [2.05, 4.69) is 0 Å². The van der Waals surface area contributed by atoms with Crippen LogP contribution in [-0.2, 0) is 20.7 Å². The molecule has 116 valence electrons. The van der Waals surface area contributed by atoms with Crippen LogP contribution in [0.15, 0.2) is 34.8 Å². The molecule has 0 spiro atoms. The third-order valence-electron chi connectivity index (χ3n) is 3.88. The summed E-state index contributed by atoms with van der Waals surface area (Å²) in [6.07, 6.45) is 4.03. The van der Waals surface area contributed by atoms with Crippen LogP contribution in [-0.4, -0.2) is 25.8 Å². The van der Waals surface area contributed by atoms with Crippen molar-refractivity contribution in [2.24, 2.45) is 5.41 Å². The number of benzene rings is 1. The molecule has 2 aromatic rings. The Balaban J connectivity index is 1.73. The molecule has 3 rings (SSSR count). The third kappa shape index (κ3) is 2.92. The van der Waals surface area contributed by atoms with Crippen LogP contribution in [0.1, 0.15) is 25.2 Å². The van der Waals surface area contributed by atoms with Gasteiger partial charge in [-0.3, -0.25) is 0 Å². The number of esters is 1. The van der Waals surface area contributed by atoms with E-state index in [4.69, 9.17) is 13.9 Å². The zero-order valence-electron chi connectivity index (χ0n) is 12.9. The summed E-state index contributed by atoms with van der Waals surface area (Å²) in [5, 5.41) is 1.02. The van der Waals surface area contributed by atoms with E-state index in [1.54, 1.807) is 6.08 Å². The molecule has 0 radical (unpaired) electrons. The van der Waals surface area contributed by atoms with Gasteiger partial charge in [-0.05, 0) is 12.1 Å².